The molecule has 44 heavy (non-hydrogen) atoms. The van der Waals surface area contributed by atoms with Crippen molar-refractivity contribution in [3.8, 4) is 28.9 Å². The molecule has 3 aromatic heterocycles. The number of methoxy groups -OCH3 is 3. The molecule has 1 aliphatic carbocycles. The summed E-state index contributed by atoms with van der Waals surface area (Å²) in [4.78, 5) is 11.6. The molecule has 4 aromatic rings. The average molecular weight is 633 g/mol. The molecule has 0 bridgehead atoms. The van der Waals surface area contributed by atoms with Crippen molar-refractivity contribution < 1.29 is 32.1 Å². The minimum Gasteiger partial charge on any atom is -0.491 e. The lowest BCUT2D eigenvalue weighted by Crippen LogP contribution is -2.33. The van der Waals surface area contributed by atoms with Gasteiger partial charge in [0, 0.05) is 49.3 Å². The van der Waals surface area contributed by atoms with Crippen molar-refractivity contribution in [3.05, 3.63) is 46.8 Å². The zero-order chi connectivity index (χ0) is 31.3. The van der Waals surface area contributed by atoms with E-state index >= 15 is 0 Å². The third kappa shape index (κ3) is 7.66. The number of halogens is 3. The Morgan fingerprint density at radius 2 is 1.80 bits per heavy atom. The Labute approximate surface area is 257 Å². The van der Waals surface area contributed by atoms with Crippen LogP contribution in [0, 0.1) is 0 Å². The van der Waals surface area contributed by atoms with Gasteiger partial charge in [-0.2, -0.15) is 23.1 Å². The normalized spacial score (nSPS) is 16.8. The fourth-order valence-corrected chi connectivity index (χ4v) is 6.32. The number of nitrogens with one attached hydrogen (secondary N) is 1. The molecule has 5 rings (SSSR count). The van der Waals surface area contributed by atoms with Crippen molar-refractivity contribution in [1.29, 1.82) is 0 Å². The van der Waals surface area contributed by atoms with Gasteiger partial charge in [-0.05, 0) is 30.9 Å². The third-order valence-electron chi connectivity index (χ3n) is 7.57. The van der Waals surface area contributed by atoms with E-state index in [9.17, 15) is 13.2 Å². The van der Waals surface area contributed by atoms with Crippen LogP contribution < -0.4 is 24.4 Å². The van der Waals surface area contributed by atoms with E-state index in [4.69, 9.17) is 18.9 Å². The highest BCUT2D eigenvalue weighted by Gasteiger charge is 2.32. The quantitative estimate of drug-likeness (QED) is 0.192. The summed E-state index contributed by atoms with van der Waals surface area (Å²) in [5.41, 5.74) is 2.71. The first kappa shape index (κ1) is 31.7. The number of aromatic nitrogens is 4. The van der Waals surface area contributed by atoms with Crippen LogP contribution >= 0.6 is 11.3 Å². The topological polar surface area (TPSA) is 104 Å². The second-order valence-corrected chi connectivity index (χ2v) is 11.7. The maximum Gasteiger partial charge on any atom is 0.393 e. The van der Waals surface area contributed by atoms with Gasteiger partial charge in [-0.3, -0.25) is 0 Å². The van der Waals surface area contributed by atoms with Crippen molar-refractivity contribution in [2.24, 2.45) is 0 Å². The highest BCUT2D eigenvalue weighted by molar-refractivity contribution is 7.18. The Balaban J connectivity index is 1.20. The fourth-order valence-electron chi connectivity index (χ4n) is 5.28. The maximum atomic E-state index is 13.1. The van der Waals surface area contributed by atoms with E-state index in [1.54, 1.807) is 26.4 Å². The summed E-state index contributed by atoms with van der Waals surface area (Å²) in [7, 11) is 6.55. The number of hydrogen-bond acceptors (Lipinski definition) is 11. The summed E-state index contributed by atoms with van der Waals surface area (Å²) in [6.45, 7) is 1.48. The number of rotatable bonds is 13. The second kappa shape index (κ2) is 13.9. The first-order valence-electron chi connectivity index (χ1n) is 14.2. The molecule has 1 N–H and O–H groups in total. The molecule has 0 saturated heterocycles. The summed E-state index contributed by atoms with van der Waals surface area (Å²) < 4.78 is 60.4. The van der Waals surface area contributed by atoms with Crippen molar-refractivity contribution in [3.63, 3.8) is 0 Å². The van der Waals surface area contributed by atoms with Crippen molar-refractivity contribution in [2.45, 2.75) is 50.5 Å². The molecule has 0 unspecified atom stereocenters. The van der Waals surface area contributed by atoms with Gasteiger partial charge in [0.1, 0.15) is 17.3 Å². The Morgan fingerprint density at radius 3 is 2.50 bits per heavy atom. The fraction of sp³-hybridized carbons (Fsp3) is 0.467. The number of alkyl halides is 3. The minimum absolute atomic E-state index is 0.145. The molecule has 1 fully saturated rings. The van der Waals surface area contributed by atoms with Crippen LogP contribution in [0.4, 0.5) is 19.0 Å². The maximum absolute atomic E-state index is 13.1. The van der Waals surface area contributed by atoms with Gasteiger partial charge in [0.25, 0.3) is 5.88 Å². The second-order valence-electron chi connectivity index (χ2n) is 10.6. The molecule has 1 aromatic carbocycles. The van der Waals surface area contributed by atoms with Crippen LogP contribution in [0.25, 0.3) is 21.5 Å². The Morgan fingerprint density at radius 1 is 1.00 bits per heavy atom. The molecule has 0 spiro atoms. The molecule has 0 amide bonds. The monoisotopic (exact) mass is 632 g/mol. The largest absolute Gasteiger partial charge is 0.491 e. The smallest absolute Gasteiger partial charge is 0.393 e. The molecular formula is C30H35F3N6O4S. The number of anilines is 1. The number of ether oxygens (including phenoxy) is 4. The Hall–Kier alpha value is -3.75. The molecular weight excluding hydrogens is 597 g/mol. The zero-order valence-corrected chi connectivity index (χ0v) is 25.8. The van der Waals surface area contributed by atoms with E-state index < -0.39 is 12.6 Å². The van der Waals surface area contributed by atoms with Crippen LogP contribution in [-0.2, 0) is 17.7 Å². The lowest BCUT2D eigenvalue weighted by Gasteiger charge is -2.26. The van der Waals surface area contributed by atoms with Crippen LogP contribution in [0.5, 0.6) is 17.6 Å². The predicted octanol–water partition coefficient (Wildman–Crippen LogP) is 5.44. The van der Waals surface area contributed by atoms with Gasteiger partial charge in [0.2, 0.25) is 0 Å². The van der Waals surface area contributed by atoms with E-state index in [1.807, 2.05) is 19.2 Å². The number of nitrogens with zero attached hydrogens (tertiary/aromatic N) is 5. The van der Waals surface area contributed by atoms with E-state index in [1.165, 1.54) is 7.11 Å². The molecule has 0 radical (unpaired) electrons. The first-order chi connectivity index (χ1) is 21.2. The lowest BCUT2D eigenvalue weighted by atomic mass is 10.1. The van der Waals surface area contributed by atoms with Gasteiger partial charge in [0.15, 0.2) is 5.75 Å². The van der Waals surface area contributed by atoms with Crippen LogP contribution in [0.2, 0.25) is 0 Å². The van der Waals surface area contributed by atoms with Gasteiger partial charge in [-0.1, -0.05) is 24.3 Å². The van der Waals surface area contributed by atoms with E-state index in [0.29, 0.717) is 53.1 Å². The molecule has 2 atom stereocenters. The van der Waals surface area contributed by atoms with Gasteiger partial charge in [-0.25, -0.2) is 0 Å². The first-order valence-corrected chi connectivity index (χ1v) is 15.0. The molecule has 14 heteroatoms. The number of hydrogen-bond donors (Lipinski definition) is 1. The minimum atomic E-state index is -4.29. The number of fused-ring (bicyclic) bond motifs is 1. The molecule has 1 saturated carbocycles. The predicted molar refractivity (Wildman–Crippen MR) is 162 cm³/mol. The third-order valence-corrected chi connectivity index (χ3v) is 8.59. The van der Waals surface area contributed by atoms with Gasteiger partial charge < -0.3 is 29.2 Å². The SMILES string of the molecule is COCCOc1nnc(-c2ccc(CN[C@@H]3CC[C@H](N(C)c4nc(OC)nc5sc(CC(F)(F)F)cc45)C3)cc2)cc1OC. The molecule has 3 heterocycles. The molecule has 1 aliphatic rings. The van der Waals surface area contributed by atoms with Crippen LogP contribution in [-0.4, -0.2) is 80.0 Å². The Bertz CT molecular complexity index is 1550. The number of thiophene rings is 1. The summed E-state index contributed by atoms with van der Waals surface area (Å²) in [5, 5.41) is 12.7. The van der Waals surface area contributed by atoms with Gasteiger partial charge in [-0.15, -0.1) is 21.5 Å². The van der Waals surface area contributed by atoms with E-state index in [0.717, 1.165) is 41.7 Å². The van der Waals surface area contributed by atoms with E-state index in [2.05, 4.69) is 42.5 Å². The zero-order valence-electron chi connectivity index (χ0n) is 25.0. The molecule has 236 valence electrons. The van der Waals surface area contributed by atoms with Crippen LogP contribution in [0.3, 0.4) is 0 Å². The summed E-state index contributed by atoms with van der Waals surface area (Å²) in [6, 6.07) is 12.0. The average Bonchev–Trinajstić information content (AvgIpc) is 3.65. The highest BCUT2D eigenvalue weighted by Crippen LogP contribution is 2.37. The Kier molecular flexibility index (Phi) is 10.0. The lowest BCUT2D eigenvalue weighted by molar-refractivity contribution is -0.126. The standard InChI is InChI=1S/C30H35F3N6O4S/c1-39(26-23-14-22(16-30(31,32)33)44-28(23)36-29(35-26)42-4)21-10-9-20(13-21)34-17-18-5-7-19(8-6-18)24-15-25(41-3)27(38-37-24)43-12-11-40-2/h5-8,14-15,20-21,34H,9-13,16-17H2,1-4H3/t20-,21+/m1/s1. The highest BCUT2D eigenvalue weighted by atomic mass is 32.1. The summed E-state index contributed by atoms with van der Waals surface area (Å²) >= 11 is 1.03. The van der Waals surface area contributed by atoms with E-state index in [-0.39, 0.29) is 23.0 Å². The van der Waals surface area contributed by atoms with Crippen LogP contribution in [0.15, 0.2) is 36.4 Å². The summed E-state index contributed by atoms with van der Waals surface area (Å²) in [5.74, 6) is 1.41. The van der Waals surface area contributed by atoms with Gasteiger partial charge in [0.05, 0.1) is 38.3 Å². The molecule has 0 aliphatic heterocycles. The molecule has 10 nitrogen and oxygen atoms in total. The van der Waals surface area contributed by atoms with Crippen molar-refractivity contribution in [2.75, 3.05) is 46.5 Å². The van der Waals surface area contributed by atoms with Gasteiger partial charge >= 0.3 is 12.2 Å². The summed E-state index contributed by atoms with van der Waals surface area (Å²) in [6.07, 6.45) is -2.52. The number of benzene rings is 1. The van der Waals surface area contributed by atoms with Crippen molar-refractivity contribution in [1.82, 2.24) is 25.5 Å². The van der Waals surface area contributed by atoms with Crippen molar-refractivity contribution >= 4 is 27.4 Å². The van der Waals surface area contributed by atoms with Crippen LogP contribution in [0.1, 0.15) is 29.7 Å².